The maximum Gasteiger partial charge on any atom is 0.225 e. The number of nitrogens with zero attached hydrogens (tertiary/aromatic N) is 2. The van der Waals surface area contributed by atoms with Gasteiger partial charge in [-0.2, -0.15) is 9.97 Å². The minimum atomic E-state index is -0.205. The molecule has 0 saturated heterocycles. The first-order chi connectivity index (χ1) is 8.46. The van der Waals surface area contributed by atoms with Crippen molar-refractivity contribution in [1.29, 1.82) is 0 Å². The summed E-state index contributed by atoms with van der Waals surface area (Å²) in [5.41, 5.74) is 5.40. The van der Waals surface area contributed by atoms with Crippen molar-refractivity contribution in [3.05, 3.63) is 6.07 Å². The lowest BCUT2D eigenvalue weighted by atomic mass is 10.1. The summed E-state index contributed by atoms with van der Waals surface area (Å²) in [5, 5.41) is 3.07. The SMILES string of the molecule is CCNc1cc(OCCC(C)(C)OC)nc(N)n1. The van der Waals surface area contributed by atoms with Crippen LogP contribution in [0, 0.1) is 0 Å². The molecule has 0 atom stereocenters. The summed E-state index contributed by atoms with van der Waals surface area (Å²) in [5.74, 6) is 1.35. The van der Waals surface area contributed by atoms with Gasteiger partial charge in [0, 0.05) is 26.1 Å². The Morgan fingerprint density at radius 3 is 2.72 bits per heavy atom. The van der Waals surface area contributed by atoms with Crippen molar-refractivity contribution in [3.63, 3.8) is 0 Å². The molecule has 0 aliphatic rings. The lowest BCUT2D eigenvalue weighted by Crippen LogP contribution is -2.25. The van der Waals surface area contributed by atoms with Crippen LogP contribution in [-0.4, -0.2) is 35.8 Å². The van der Waals surface area contributed by atoms with Crippen LogP contribution in [0.3, 0.4) is 0 Å². The summed E-state index contributed by atoms with van der Waals surface area (Å²) in [4.78, 5) is 8.07. The summed E-state index contributed by atoms with van der Waals surface area (Å²) in [6.07, 6.45) is 0.768. The second-order valence-electron chi connectivity index (χ2n) is 4.54. The molecule has 0 saturated carbocycles. The first-order valence-electron chi connectivity index (χ1n) is 6.03. The van der Waals surface area contributed by atoms with Gasteiger partial charge in [0.25, 0.3) is 0 Å². The molecule has 6 nitrogen and oxygen atoms in total. The molecule has 0 fully saturated rings. The number of rotatable bonds is 7. The van der Waals surface area contributed by atoms with Crippen molar-refractivity contribution in [2.45, 2.75) is 32.8 Å². The Morgan fingerprint density at radius 2 is 2.11 bits per heavy atom. The zero-order valence-corrected chi connectivity index (χ0v) is 11.5. The molecule has 0 bridgehead atoms. The van der Waals surface area contributed by atoms with Crippen LogP contribution in [-0.2, 0) is 4.74 Å². The Labute approximate surface area is 108 Å². The number of anilines is 2. The Kier molecular flexibility index (Phi) is 5.15. The van der Waals surface area contributed by atoms with E-state index in [9.17, 15) is 0 Å². The molecule has 0 unspecified atom stereocenters. The van der Waals surface area contributed by atoms with E-state index in [1.54, 1.807) is 13.2 Å². The van der Waals surface area contributed by atoms with E-state index < -0.39 is 0 Å². The molecule has 1 aromatic rings. The van der Waals surface area contributed by atoms with E-state index >= 15 is 0 Å². The molecule has 0 aromatic carbocycles. The Bertz CT molecular complexity index is 382. The topological polar surface area (TPSA) is 82.3 Å². The average Bonchev–Trinajstić information content (AvgIpc) is 2.28. The smallest absolute Gasteiger partial charge is 0.225 e. The number of methoxy groups -OCH3 is 1. The van der Waals surface area contributed by atoms with Gasteiger partial charge in [-0.3, -0.25) is 0 Å². The Hall–Kier alpha value is -1.56. The molecule has 0 spiro atoms. The summed E-state index contributed by atoms with van der Waals surface area (Å²) < 4.78 is 10.9. The summed E-state index contributed by atoms with van der Waals surface area (Å²) in [6, 6.07) is 1.74. The molecule has 1 heterocycles. The molecule has 6 heteroatoms. The fraction of sp³-hybridized carbons (Fsp3) is 0.667. The van der Waals surface area contributed by atoms with Crippen LogP contribution in [0.1, 0.15) is 27.2 Å². The van der Waals surface area contributed by atoms with Crippen molar-refractivity contribution in [1.82, 2.24) is 9.97 Å². The lowest BCUT2D eigenvalue weighted by Gasteiger charge is -2.22. The Balaban J connectivity index is 2.56. The largest absolute Gasteiger partial charge is 0.477 e. The zero-order chi connectivity index (χ0) is 13.6. The van der Waals surface area contributed by atoms with Crippen LogP contribution < -0.4 is 15.8 Å². The molecule has 0 amide bonds. The van der Waals surface area contributed by atoms with Gasteiger partial charge in [0.2, 0.25) is 11.8 Å². The third-order valence-electron chi connectivity index (χ3n) is 2.58. The third-order valence-corrected chi connectivity index (χ3v) is 2.58. The van der Waals surface area contributed by atoms with Gasteiger partial charge < -0.3 is 20.5 Å². The fourth-order valence-corrected chi connectivity index (χ4v) is 1.29. The second-order valence-corrected chi connectivity index (χ2v) is 4.54. The first kappa shape index (κ1) is 14.5. The molecule has 0 radical (unpaired) electrons. The molecular weight excluding hydrogens is 232 g/mol. The van der Waals surface area contributed by atoms with Crippen LogP contribution >= 0.6 is 0 Å². The van der Waals surface area contributed by atoms with E-state index in [1.807, 2.05) is 20.8 Å². The Morgan fingerprint density at radius 1 is 1.39 bits per heavy atom. The highest BCUT2D eigenvalue weighted by molar-refractivity contribution is 5.42. The van der Waals surface area contributed by atoms with Crippen LogP contribution in [0.15, 0.2) is 6.07 Å². The van der Waals surface area contributed by atoms with Crippen molar-refractivity contribution >= 4 is 11.8 Å². The minimum Gasteiger partial charge on any atom is -0.477 e. The standard InChI is InChI=1S/C12H22N4O2/c1-5-14-9-8-10(16-11(13)15-9)18-7-6-12(2,3)17-4/h8H,5-7H2,1-4H3,(H3,13,14,15,16). The van der Waals surface area contributed by atoms with E-state index in [1.165, 1.54) is 0 Å². The monoisotopic (exact) mass is 254 g/mol. The van der Waals surface area contributed by atoms with Gasteiger partial charge in [-0.15, -0.1) is 0 Å². The quantitative estimate of drug-likeness (QED) is 0.770. The summed E-state index contributed by atoms with van der Waals surface area (Å²) >= 11 is 0. The van der Waals surface area contributed by atoms with Crippen molar-refractivity contribution in [2.24, 2.45) is 0 Å². The maximum atomic E-state index is 5.61. The van der Waals surface area contributed by atoms with Gasteiger partial charge in [0.1, 0.15) is 5.82 Å². The molecule has 0 aliphatic carbocycles. The predicted molar refractivity (Wildman–Crippen MR) is 71.8 cm³/mol. The average molecular weight is 254 g/mol. The van der Waals surface area contributed by atoms with Crippen LogP contribution in [0.25, 0.3) is 0 Å². The summed E-state index contributed by atoms with van der Waals surface area (Å²) in [7, 11) is 1.69. The van der Waals surface area contributed by atoms with Gasteiger partial charge in [0.15, 0.2) is 0 Å². The zero-order valence-electron chi connectivity index (χ0n) is 11.5. The van der Waals surface area contributed by atoms with E-state index in [0.29, 0.717) is 18.3 Å². The third kappa shape index (κ3) is 4.75. The number of hydrogen-bond acceptors (Lipinski definition) is 6. The molecule has 18 heavy (non-hydrogen) atoms. The van der Waals surface area contributed by atoms with Crippen molar-refractivity contribution in [2.75, 3.05) is 31.3 Å². The molecule has 3 N–H and O–H groups in total. The maximum absolute atomic E-state index is 5.61. The van der Waals surface area contributed by atoms with Gasteiger partial charge >= 0.3 is 0 Å². The normalized spacial score (nSPS) is 11.3. The highest BCUT2D eigenvalue weighted by Gasteiger charge is 2.16. The first-order valence-corrected chi connectivity index (χ1v) is 6.03. The molecular formula is C12H22N4O2. The molecule has 102 valence electrons. The van der Waals surface area contributed by atoms with Gasteiger partial charge in [-0.05, 0) is 20.8 Å². The van der Waals surface area contributed by atoms with E-state index in [-0.39, 0.29) is 11.5 Å². The van der Waals surface area contributed by atoms with Gasteiger partial charge in [-0.25, -0.2) is 0 Å². The van der Waals surface area contributed by atoms with E-state index in [0.717, 1.165) is 13.0 Å². The predicted octanol–water partition coefficient (Wildman–Crippen LogP) is 1.68. The number of ether oxygens (including phenoxy) is 2. The second kappa shape index (κ2) is 6.39. The number of nitrogens with two attached hydrogens (primary N) is 1. The van der Waals surface area contributed by atoms with Crippen molar-refractivity contribution in [3.8, 4) is 5.88 Å². The van der Waals surface area contributed by atoms with Crippen LogP contribution in [0.2, 0.25) is 0 Å². The van der Waals surface area contributed by atoms with E-state index in [2.05, 4.69) is 15.3 Å². The molecule has 1 aromatic heterocycles. The van der Waals surface area contributed by atoms with Crippen molar-refractivity contribution < 1.29 is 9.47 Å². The molecule has 1 rings (SSSR count). The van der Waals surface area contributed by atoms with Crippen LogP contribution in [0.4, 0.5) is 11.8 Å². The van der Waals surface area contributed by atoms with E-state index in [4.69, 9.17) is 15.2 Å². The van der Waals surface area contributed by atoms with Crippen LogP contribution in [0.5, 0.6) is 5.88 Å². The lowest BCUT2D eigenvalue weighted by molar-refractivity contribution is 0.00510. The fourth-order valence-electron chi connectivity index (χ4n) is 1.29. The molecule has 0 aliphatic heterocycles. The van der Waals surface area contributed by atoms with Gasteiger partial charge in [-0.1, -0.05) is 0 Å². The van der Waals surface area contributed by atoms with Gasteiger partial charge in [0.05, 0.1) is 12.2 Å². The number of aromatic nitrogens is 2. The number of hydrogen-bond donors (Lipinski definition) is 2. The number of nitrogens with one attached hydrogen (secondary N) is 1. The minimum absolute atomic E-state index is 0.203. The number of nitrogen functional groups attached to an aromatic ring is 1. The highest BCUT2D eigenvalue weighted by atomic mass is 16.5. The highest BCUT2D eigenvalue weighted by Crippen LogP contribution is 2.17. The summed E-state index contributed by atoms with van der Waals surface area (Å²) in [6.45, 7) is 7.29.